The molecule has 0 bridgehead atoms. The van der Waals surface area contributed by atoms with Crippen molar-refractivity contribution in [3.63, 3.8) is 0 Å². The molecule has 0 atom stereocenters. The fourth-order valence-electron chi connectivity index (χ4n) is 3.45. The van der Waals surface area contributed by atoms with Crippen LogP contribution < -0.4 is 16.0 Å². The highest BCUT2D eigenvalue weighted by Crippen LogP contribution is 2.28. The normalized spacial score (nSPS) is 17.9. The van der Waals surface area contributed by atoms with Gasteiger partial charge < -0.3 is 21.1 Å². The third-order valence-electron chi connectivity index (χ3n) is 5.42. The molecule has 30 heavy (non-hydrogen) atoms. The van der Waals surface area contributed by atoms with Crippen molar-refractivity contribution < 1.29 is 9.90 Å². The Labute approximate surface area is 197 Å². The van der Waals surface area contributed by atoms with Gasteiger partial charge in [-0.3, -0.25) is 9.69 Å². The first-order chi connectivity index (χ1) is 14.1. The molecule has 0 radical (unpaired) electrons. The highest BCUT2D eigenvalue weighted by molar-refractivity contribution is 14.0. The Kier molecular flexibility index (Phi) is 10.9. The lowest BCUT2D eigenvalue weighted by Gasteiger charge is -2.29. The van der Waals surface area contributed by atoms with E-state index in [1.807, 2.05) is 6.92 Å². The van der Waals surface area contributed by atoms with Crippen molar-refractivity contribution >= 4 is 35.8 Å². The maximum Gasteiger partial charge on any atom is 0.223 e. The zero-order valence-corrected chi connectivity index (χ0v) is 20.2. The molecule has 0 unspecified atom stereocenters. The standard InChI is InChI=1S/C22H35N5O2.HI/c1-2-23-22(25-12-11-24-21(29)19-7-8-19)26-15-17-3-5-18(6-4-17)16-27-13-9-20(28)10-14-27;/h3-6,19-20,28H,2,7-16H2,1H3,(H,24,29)(H2,23,25,26);1H. The van der Waals surface area contributed by atoms with E-state index >= 15 is 0 Å². The number of guanidine groups is 1. The van der Waals surface area contributed by atoms with Gasteiger partial charge in [0.1, 0.15) is 0 Å². The van der Waals surface area contributed by atoms with E-state index in [4.69, 9.17) is 0 Å². The van der Waals surface area contributed by atoms with Crippen LogP contribution in [0, 0.1) is 5.92 Å². The summed E-state index contributed by atoms with van der Waals surface area (Å²) in [7, 11) is 0. The lowest BCUT2D eigenvalue weighted by atomic mass is 10.1. The van der Waals surface area contributed by atoms with Crippen LogP contribution in [0.3, 0.4) is 0 Å². The summed E-state index contributed by atoms with van der Waals surface area (Å²) in [5, 5.41) is 19.1. The van der Waals surface area contributed by atoms with Crippen LogP contribution in [-0.2, 0) is 17.9 Å². The maximum atomic E-state index is 11.7. The van der Waals surface area contributed by atoms with Crippen LogP contribution in [0.15, 0.2) is 29.3 Å². The predicted octanol–water partition coefficient (Wildman–Crippen LogP) is 1.84. The van der Waals surface area contributed by atoms with Crippen LogP contribution >= 0.6 is 24.0 Å². The number of aliphatic hydroxyl groups is 1. The average molecular weight is 529 g/mol. The molecule has 1 aromatic rings. The summed E-state index contributed by atoms with van der Waals surface area (Å²) in [6, 6.07) is 8.61. The molecule has 168 valence electrons. The molecular formula is C22H36IN5O2. The first-order valence-corrected chi connectivity index (χ1v) is 10.9. The highest BCUT2D eigenvalue weighted by Gasteiger charge is 2.28. The molecule has 1 heterocycles. The topological polar surface area (TPSA) is 89.0 Å². The van der Waals surface area contributed by atoms with E-state index in [0.29, 0.717) is 19.6 Å². The number of likely N-dealkylation sites (tertiary alicyclic amines) is 1. The maximum absolute atomic E-state index is 11.7. The molecular weight excluding hydrogens is 493 g/mol. The van der Waals surface area contributed by atoms with Crippen LogP contribution in [0.4, 0.5) is 0 Å². The number of rotatable bonds is 9. The largest absolute Gasteiger partial charge is 0.393 e. The fourth-order valence-corrected chi connectivity index (χ4v) is 3.45. The quantitative estimate of drug-likeness (QED) is 0.170. The zero-order valence-electron chi connectivity index (χ0n) is 17.9. The van der Waals surface area contributed by atoms with Crippen LogP contribution in [0.5, 0.6) is 0 Å². The summed E-state index contributed by atoms with van der Waals surface area (Å²) in [6.45, 7) is 7.59. The van der Waals surface area contributed by atoms with Crippen molar-refractivity contribution in [1.82, 2.24) is 20.9 Å². The Morgan fingerprint density at radius 2 is 1.67 bits per heavy atom. The van der Waals surface area contributed by atoms with E-state index in [1.54, 1.807) is 0 Å². The lowest BCUT2D eigenvalue weighted by Crippen LogP contribution is -2.41. The summed E-state index contributed by atoms with van der Waals surface area (Å²) in [4.78, 5) is 18.7. The minimum atomic E-state index is -0.125. The van der Waals surface area contributed by atoms with Crippen molar-refractivity contribution in [2.75, 3.05) is 32.7 Å². The lowest BCUT2D eigenvalue weighted by molar-refractivity contribution is -0.122. The van der Waals surface area contributed by atoms with Gasteiger partial charge in [-0.2, -0.15) is 0 Å². The molecule has 0 spiro atoms. The van der Waals surface area contributed by atoms with Gasteiger partial charge in [-0.15, -0.1) is 24.0 Å². The van der Waals surface area contributed by atoms with E-state index in [9.17, 15) is 9.90 Å². The number of aliphatic imine (C=N–C) groups is 1. The molecule has 2 fully saturated rings. The Bertz CT molecular complexity index is 671. The molecule has 1 amide bonds. The number of hydrogen-bond acceptors (Lipinski definition) is 4. The minimum Gasteiger partial charge on any atom is -0.393 e. The monoisotopic (exact) mass is 529 g/mol. The molecule has 1 aromatic carbocycles. The number of aliphatic hydroxyl groups excluding tert-OH is 1. The van der Waals surface area contributed by atoms with Crippen LogP contribution in [0.1, 0.15) is 43.7 Å². The van der Waals surface area contributed by atoms with Gasteiger partial charge in [0.2, 0.25) is 5.91 Å². The van der Waals surface area contributed by atoms with E-state index in [-0.39, 0.29) is 41.9 Å². The number of halogens is 1. The van der Waals surface area contributed by atoms with E-state index in [1.165, 1.54) is 11.1 Å². The summed E-state index contributed by atoms with van der Waals surface area (Å²) in [6.07, 6.45) is 3.68. The van der Waals surface area contributed by atoms with Gasteiger partial charge in [-0.25, -0.2) is 4.99 Å². The third-order valence-corrected chi connectivity index (χ3v) is 5.42. The van der Waals surface area contributed by atoms with Gasteiger partial charge in [-0.1, -0.05) is 24.3 Å². The minimum absolute atomic E-state index is 0. The predicted molar refractivity (Wildman–Crippen MR) is 131 cm³/mol. The number of nitrogens with one attached hydrogen (secondary N) is 3. The molecule has 8 heteroatoms. The molecule has 7 nitrogen and oxygen atoms in total. The summed E-state index contributed by atoms with van der Waals surface area (Å²) >= 11 is 0. The van der Waals surface area contributed by atoms with Gasteiger partial charge in [0.15, 0.2) is 5.96 Å². The molecule has 1 aliphatic carbocycles. The molecule has 4 N–H and O–H groups in total. The molecule has 0 aromatic heterocycles. The number of carbonyl (C=O) groups excluding carboxylic acids is 1. The van der Waals surface area contributed by atoms with E-state index in [0.717, 1.165) is 57.8 Å². The second-order valence-electron chi connectivity index (χ2n) is 8.01. The number of carbonyl (C=O) groups is 1. The Hall–Kier alpha value is -1.39. The molecule has 2 aliphatic rings. The number of piperidine rings is 1. The van der Waals surface area contributed by atoms with Gasteiger partial charge in [0.05, 0.1) is 12.6 Å². The Morgan fingerprint density at radius 3 is 2.30 bits per heavy atom. The molecule has 1 saturated carbocycles. The second kappa shape index (κ2) is 13.1. The first-order valence-electron chi connectivity index (χ1n) is 10.9. The van der Waals surface area contributed by atoms with E-state index < -0.39 is 0 Å². The van der Waals surface area contributed by atoms with Gasteiger partial charge in [0.25, 0.3) is 0 Å². The van der Waals surface area contributed by atoms with Gasteiger partial charge in [0, 0.05) is 45.2 Å². The summed E-state index contributed by atoms with van der Waals surface area (Å²) in [5.41, 5.74) is 2.47. The van der Waals surface area contributed by atoms with Gasteiger partial charge >= 0.3 is 0 Å². The smallest absolute Gasteiger partial charge is 0.223 e. The van der Waals surface area contributed by atoms with Crippen molar-refractivity contribution in [1.29, 1.82) is 0 Å². The van der Waals surface area contributed by atoms with Crippen LogP contribution in [-0.4, -0.2) is 60.7 Å². The number of nitrogens with zero attached hydrogens (tertiary/aromatic N) is 2. The highest BCUT2D eigenvalue weighted by atomic mass is 127. The van der Waals surface area contributed by atoms with Crippen molar-refractivity contribution in [3.8, 4) is 0 Å². The summed E-state index contributed by atoms with van der Waals surface area (Å²) in [5.74, 6) is 1.19. The Morgan fingerprint density at radius 1 is 1.03 bits per heavy atom. The zero-order chi connectivity index (χ0) is 20.5. The Balaban J connectivity index is 0.00000320. The van der Waals surface area contributed by atoms with Crippen LogP contribution in [0.2, 0.25) is 0 Å². The van der Waals surface area contributed by atoms with Crippen molar-refractivity contribution in [2.45, 2.75) is 51.8 Å². The second-order valence-corrected chi connectivity index (χ2v) is 8.01. The molecule has 3 rings (SSSR count). The molecule has 1 saturated heterocycles. The first kappa shape index (κ1) is 24.9. The van der Waals surface area contributed by atoms with Crippen LogP contribution in [0.25, 0.3) is 0 Å². The SMILES string of the molecule is CCNC(=NCc1ccc(CN2CCC(O)CC2)cc1)NCCNC(=O)C1CC1.I. The van der Waals surface area contributed by atoms with Crippen molar-refractivity contribution in [2.24, 2.45) is 10.9 Å². The van der Waals surface area contributed by atoms with E-state index in [2.05, 4.69) is 50.1 Å². The average Bonchev–Trinajstić information content (AvgIpc) is 3.57. The van der Waals surface area contributed by atoms with Gasteiger partial charge in [-0.05, 0) is 43.7 Å². The number of amides is 1. The third kappa shape index (κ3) is 8.77. The fraction of sp³-hybridized carbons (Fsp3) is 0.636. The number of hydrogen-bond donors (Lipinski definition) is 4. The number of benzene rings is 1. The molecule has 1 aliphatic heterocycles. The van der Waals surface area contributed by atoms with Crippen molar-refractivity contribution in [3.05, 3.63) is 35.4 Å². The summed E-state index contributed by atoms with van der Waals surface area (Å²) < 4.78 is 0.